The lowest BCUT2D eigenvalue weighted by molar-refractivity contribution is -0.144. The smallest absolute Gasteiger partial charge is 0.323 e. The third kappa shape index (κ3) is 4.28. The van der Waals surface area contributed by atoms with Gasteiger partial charge in [-0.25, -0.2) is 8.42 Å². The Morgan fingerprint density at radius 1 is 1.48 bits per heavy atom. The molecule has 21 heavy (non-hydrogen) atoms. The number of carbonyl (C=O) groups is 1. The summed E-state index contributed by atoms with van der Waals surface area (Å²) in [5.41, 5.74) is -0.878. The number of hydrogen-bond donors (Lipinski definition) is 2. The summed E-state index contributed by atoms with van der Waals surface area (Å²) in [6.07, 6.45) is 0.340. The molecule has 0 bridgehead atoms. The van der Waals surface area contributed by atoms with Gasteiger partial charge in [-0.05, 0) is 31.5 Å². The van der Waals surface area contributed by atoms with E-state index >= 15 is 0 Å². The number of carboxylic acids is 1. The lowest BCUT2D eigenvalue weighted by Gasteiger charge is -2.24. The number of nitrogens with one attached hydrogen (secondary N) is 1. The largest absolute Gasteiger partial charge is 0.480 e. The van der Waals surface area contributed by atoms with E-state index in [0.717, 1.165) is 0 Å². The minimum Gasteiger partial charge on any atom is -0.480 e. The van der Waals surface area contributed by atoms with Crippen molar-refractivity contribution in [3.05, 3.63) is 29.8 Å². The molecular weight excluding hydrogens is 292 g/mol. The predicted molar refractivity (Wildman–Crippen MR) is 77.5 cm³/mol. The molecule has 1 aromatic rings. The quantitative estimate of drug-likeness (QED) is 0.783. The van der Waals surface area contributed by atoms with Gasteiger partial charge in [-0.2, -0.15) is 5.26 Å². The van der Waals surface area contributed by atoms with E-state index < -0.39 is 21.3 Å². The molecule has 0 fully saturated rings. The molecule has 6 nitrogen and oxygen atoms in total. The first kappa shape index (κ1) is 17.1. The number of nitrogens with zero attached hydrogens (tertiary/aromatic N) is 1. The van der Waals surface area contributed by atoms with Crippen LogP contribution in [0, 0.1) is 11.3 Å². The Labute approximate surface area is 124 Å². The summed E-state index contributed by atoms with van der Waals surface area (Å²) in [4.78, 5) is 11.2. The van der Waals surface area contributed by atoms with E-state index in [9.17, 15) is 13.2 Å². The first-order valence-electron chi connectivity index (χ1n) is 6.46. The van der Waals surface area contributed by atoms with E-state index in [0.29, 0.717) is 6.42 Å². The van der Waals surface area contributed by atoms with Gasteiger partial charge in [0.2, 0.25) is 0 Å². The standard InChI is InChI=1S/C14H18N2O4S/c1-3-14(2,13(17)18)16-7-8-21(19,20)12-6-4-5-11(9-12)10-15/h4-6,9,16H,3,7-8H2,1-2H3,(H,17,18). The summed E-state index contributed by atoms with van der Waals surface area (Å²) in [5.74, 6) is -1.25. The molecular formula is C14H18N2O4S. The maximum absolute atomic E-state index is 12.1. The van der Waals surface area contributed by atoms with Gasteiger partial charge in [-0.1, -0.05) is 13.0 Å². The van der Waals surface area contributed by atoms with Crippen LogP contribution in [0.4, 0.5) is 0 Å². The fourth-order valence-electron chi connectivity index (χ4n) is 1.69. The van der Waals surface area contributed by atoms with Crippen LogP contribution in [0.1, 0.15) is 25.8 Å². The van der Waals surface area contributed by atoms with Gasteiger partial charge in [-0.3, -0.25) is 4.79 Å². The fourth-order valence-corrected chi connectivity index (χ4v) is 2.89. The van der Waals surface area contributed by atoms with Crippen molar-refractivity contribution in [2.24, 2.45) is 0 Å². The van der Waals surface area contributed by atoms with Crippen LogP contribution in [0.15, 0.2) is 29.2 Å². The number of rotatable bonds is 7. The molecule has 1 unspecified atom stereocenters. The van der Waals surface area contributed by atoms with Crippen molar-refractivity contribution in [1.29, 1.82) is 5.26 Å². The van der Waals surface area contributed by atoms with Crippen LogP contribution in [0.5, 0.6) is 0 Å². The number of sulfone groups is 1. The summed E-state index contributed by atoms with van der Waals surface area (Å²) < 4.78 is 24.3. The molecule has 0 radical (unpaired) electrons. The predicted octanol–water partition coefficient (Wildman–Crippen LogP) is 1.17. The van der Waals surface area contributed by atoms with Gasteiger partial charge in [0.25, 0.3) is 0 Å². The maximum atomic E-state index is 12.1. The first-order valence-corrected chi connectivity index (χ1v) is 8.12. The second-order valence-corrected chi connectivity index (χ2v) is 6.99. The number of nitriles is 1. The molecule has 7 heteroatoms. The van der Waals surface area contributed by atoms with Gasteiger partial charge in [0.15, 0.2) is 9.84 Å². The van der Waals surface area contributed by atoms with E-state index in [1.165, 1.54) is 31.2 Å². The highest BCUT2D eigenvalue weighted by atomic mass is 32.2. The third-order valence-electron chi connectivity index (χ3n) is 3.39. The number of hydrogen-bond acceptors (Lipinski definition) is 5. The van der Waals surface area contributed by atoms with E-state index in [4.69, 9.17) is 10.4 Å². The third-order valence-corrected chi connectivity index (χ3v) is 5.10. The molecule has 0 aromatic heterocycles. The zero-order valence-corrected chi connectivity index (χ0v) is 12.8. The molecule has 1 aromatic carbocycles. The molecule has 1 atom stereocenters. The highest BCUT2D eigenvalue weighted by molar-refractivity contribution is 7.91. The number of carboxylic acid groups (broad SMARTS) is 1. The summed E-state index contributed by atoms with van der Waals surface area (Å²) in [7, 11) is -3.56. The average Bonchev–Trinajstić information content (AvgIpc) is 2.46. The van der Waals surface area contributed by atoms with Crippen LogP contribution in [-0.4, -0.2) is 37.3 Å². The Morgan fingerprint density at radius 3 is 2.67 bits per heavy atom. The van der Waals surface area contributed by atoms with Gasteiger partial charge in [0.05, 0.1) is 22.3 Å². The monoisotopic (exact) mass is 310 g/mol. The fraction of sp³-hybridized carbons (Fsp3) is 0.429. The van der Waals surface area contributed by atoms with Crippen LogP contribution in [0.3, 0.4) is 0 Å². The summed E-state index contributed by atoms with van der Waals surface area (Å²) in [5, 5.41) is 20.6. The Hall–Kier alpha value is -1.91. The minimum absolute atomic E-state index is 0.0236. The van der Waals surface area contributed by atoms with Gasteiger partial charge >= 0.3 is 5.97 Å². The van der Waals surface area contributed by atoms with E-state index in [-0.39, 0.29) is 22.8 Å². The van der Waals surface area contributed by atoms with E-state index in [2.05, 4.69) is 5.32 Å². The Kier molecular flexibility index (Phi) is 5.47. The summed E-state index contributed by atoms with van der Waals surface area (Å²) in [6.45, 7) is 3.25. The van der Waals surface area contributed by atoms with Crippen LogP contribution in [0.25, 0.3) is 0 Å². The average molecular weight is 310 g/mol. The molecule has 0 aliphatic carbocycles. The molecule has 0 heterocycles. The lowest BCUT2D eigenvalue weighted by Crippen LogP contribution is -2.50. The Bertz CT molecular complexity index is 664. The zero-order valence-electron chi connectivity index (χ0n) is 12.0. The molecule has 1 rings (SSSR count). The van der Waals surface area contributed by atoms with Crippen molar-refractivity contribution in [3.63, 3.8) is 0 Å². The topological polar surface area (TPSA) is 107 Å². The second kappa shape index (κ2) is 6.70. The molecule has 0 aliphatic heterocycles. The molecule has 0 saturated heterocycles. The van der Waals surface area contributed by atoms with Crippen molar-refractivity contribution in [1.82, 2.24) is 5.32 Å². The lowest BCUT2D eigenvalue weighted by atomic mass is 9.99. The molecule has 0 spiro atoms. The van der Waals surface area contributed by atoms with Crippen molar-refractivity contribution in [2.45, 2.75) is 30.7 Å². The van der Waals surface area contributed by atoms with Gasteiger partial charge in [-0.15, -0.1) is 0 Å². The molecule has 0 saturated carbocycles. The van der Waals surface area contributed by atoms with Crippen LogP contribution < -0.4 is 5.32 Å². The SMILES string of the molecule is CCC(C)(NCCS(=O)(=O)c1cccc(C#N)c1)C(=O)O. The summed E-state index contributed by atoms with van der Waals surface area (Å²) >= 11 is 0. The van der Waals surface area contributed by atoms with Crippen LogP contribution >= 0.6 is 0 Å². The highest BCUT2D eigenvalue weighted by Gasteiger charge is 2.30. The van der Waals surface area contributed by atoms with Gasteiger partial charge < -0.3 is 10.4 Å². The first-order chi connectivity index (χ1) is 9.75. The van der Waals surface area contributed by atoms with Crippen LogP contribution in [-0.2, 0) is 14.6 Å². The number of aliphatic carboxylic acids is 1. The normalized spacial score (nSPS) is 14.1. The van der Waals surface area contributed by atoms with Crippen molar-refractivity contribution >= 4 is 15.8 Å². The summed E-state index contributed by atoms with van der Waals surface area (Å²) in [6, 6.07) is 7.65. The van der Waals surface area contributed by atoms with Crippen molar-refractivity contribution < 1.29 is 18.3 Å². The highest BCUT2D eigenvalue weighted by Crippen LogP contribution is 2.14. The molecule has 0 amide bonds. The van der Waals surface area contributed by atoms with E-state index in [1.54, 1.807) is 6.92 Å². The minimum atomic E-state index is -3.56. The van der Waals surface area contributed by atoms with Crippen LogP contribution in [0.2, 0.25) is 0 Å². The zero-order chi connectivity index (χ0) is 16.1. The molecule has 114 valence electrons. The van der Waals surface area contributed by atoms with E-state index in [1.807, 2.05) is 6.07 Å². The molecule has 2 N–H and O–H groups in total. The molecule has 0 aliphatic rings. The van der Waals surface area contributed by atoms with Gasteiger partial charge in [0, 0.05) is 6.54 Å². The van der Waals surface area contributed by atoms with Gasteiger partial charge in [0.1, 0.15) is 5.54 Å². The Balaban J connectivity index is 2.78. The number of benzene rings is 1. The van der Waals surface area contributed by atoms with Crippen molar-refractivity contribution in [3.8, 4) is 6.07 Å². The Morgan fingerprint density at radius 2 is 2.14 bits per heavy atom. The second-order valence-electron chi connectivity index (χ2n) is 4.88. The maximum Gasteiger partial charge on any atom is 0.323 e. The van der Waals surface area contributed by atoms with Crippen molar-refractivity contribution in [2.75, 3.05) is 12.3 Å².